The lowest BCUT2D eigenvalue weighted by molar-refractivity contribution is 0.0701. The van der Waals surface area contributed by atoms with Gasteiger partial charge in [-0.2, -0.15) is 5.10 Å². The zero-order valence-corrected chi connectivity index (χ0v) is 11.4. The molecule has 1 rings (SSSR count). The molecular formula is C11H18N4O2S. The SMILES string of the molecule is COCCN(CCC(N)=S)C(=O)c1cnn(C)c1. The number of thiocarbonyl (C=S) groups is 1. The Morgan fingerprint density at radius 2 is 2.33 bits per heavy atom. The van der Waals surface area contributed by atoms with Gasteiger partial charge in [0.1, 0.15) is 0 Å². The molecule has 1 amide bonds. The zero-order chi connectivity index (χ0) is 13.5. The molecule has 0 radical (unpaired) electrons. The maximum absolute atomic E-state index is 12.2. The highest BCUT2D eigenvalue weighted by Crippen LogP contribution is 2.04. The number of aromatic nitrogens is 2. The molecule has 0 aromatic carbocycles. The summed E-state index contributed by atoms with van der Waals surface area (Å²) >= 11 is 4.83. The van der Waals surface area contributed by atoms with E-state index in [4.69, 9.17) is 22.7 Å². The van der Waals surface area contributed by atoms with Gasteiger partial charge < -0.3 is 15.4 Å². The first-order chi connectivity index (χ1) is 8.54. The van der Waals surface area contributed by atoms with Crippen LogP contribution in [0.25, 0.3) is 0 Å². The average Bonchev–Trinajstić information content (AvgIpc) is 2.75. The number of methoxy groups -OCH3 is 1. The Hall–Kier alpha value is -1.47. The highest BCUT2D eigenvalue weighted by molar-refractivity contribution is 7.80. The monoisotopic (exact) mass is 270 g/mol. The van der Waals surface area contributed by atoms with E-state index in [-0.39, 0.29) is 5.91 Å². The molecule has 0 saturated carbocycles. The molecule has 1 heterocycles. The number of hydrogen-bond acceptors (Lipinski definition) is 4. The summed E-state index contributed by atoms with van der Waals surface area (Å²) in [6.07, 6.45) is 3.73. The van der Waals surface area contributed by atoms with E-state index in [1.54, 1.807) is 36.1 Å². The van der Waals surface area contributed by atoms with Gasteiger partial charge in [0.15, 0.2) is 0 Å². The van der Waals surface area contributed by atoms with Gasteiger partial charge in [0.2, 0.25) is 0 Å². The van der Waals surface area contributed by atoms with Crippen molar-refractivity contribution in [3.63, 3.8) is 0 Å². The van der Waals surface area contributed by atoms with Crippen LogP contribution >= 0.6 is 12.2 Å². The van der Waals surface area contributed by atoms with Crippen LogP contribution in [0.5, 0.6) is 0 Å². The van der Waals surface area contributed by atoms with Gasteiger partial charge in [-0.05, 0) is 0 Å². The summed E-state index contributed by atoms with van der Waals surface area (Å²) in [5, 5.41) is 3.98. The Kier molecular flexibility index (Phi) is 5.73. The van der Waals surface area contributed by atoms with Crippen LogP contribution in [0.2, 0.25) is 0 Å². The van der Waals surface area contributed by atoms with Gasteiger partial charge in [-0.15, -0.1) is 0 Å². The summed E-state index contributed by atoms with van der Waals surface area (Å²) in [6.45, 7) is 1.47. The molecule has 2 N–H and O–H groups in total. The van der Waals surface area contributed by atoms with E-state index in [2.05, 4.69) is 5.10 Å². The number of nitrogens with two attached hydrogens (primary N) is 1. The Morgan fingerprint density at radius 1 is 1.61 bits per heavy atom. The van der Waals surface area contributed by atoms with E-state index in [9.17, 15) is 4.79 Å². The number of nitrogens with zero attached hydrogens (tertiary/aromatic N) is 3. The molecule has 0 saturated heterocycles. The third kappa shape index (κ3) is 4.42. The normalized spacial score (nSPS) is 10.3. The van der Waals surface area contributed by atoms with Crippen LogP contribution in [-0.4, -0.2) is 52.4 Å². The molecule has 0 fully saturated rings. The maximum Gasteiger partial charge on any atom is 0.257 e. The van der Waals surface area contributed by atoms with Crippen LogP contribution < -0.4 is 5.73 Å². The average molecular weight is 270 g/mol. The first-order valence-corrected chi connectivity index (χ1v) is 6.00. The standard InChI is InChI=1S/C11H18N4O2S/c1-14-8-9(7-13-14)11(16)15(5-6-17-2)4-3-10(12)18/h7-8H,3-6H2,1-2H3,(H2,12,18). The molecule has 0 atom stereocenters. The topological polar surface area (TPSA) is 73.4 Å². The van der Waals surface area contributed by atoms with Crippen LogP contribution in [-0.2, 0) is 11.8 Å². The zero-order valence-electron chi connectivity index (χ0n) is 10.6. The predicted molar refractivity (Wildman–Crippen MR) is 72.4 cm³/mol. The number of ether oxygens (including phenoxy) is 1. The Morgan fingerprint density at radius 3 is 2.83 bits per heavy atom. The molecule has 0 aliphatic heterocycles. The van der Waals surface area contributed by atoms with Crippen molar-refractivity contribution in [1.29, 1.82) is 0 Å². The quantitative estimate of drug-likeness (QED) is 0.716. The molecule has 0 bridgehead atoms. The van der Waals surface area contributed by atoms with Crippen molar-refractivity contribution < 1.29 is 9.53 Å². The van der Waals surface area contributed by atoms with Crippen molar-refractivity contribution >= 4 is 23.1 Å². The smallest absolute Gasteiger partial charge is 0.257 e. The first kappa shape index (κ1) is 14.6. The van der Waals surface area contributed by atoms with Gasteiger partial charge in [-0.3, -0.25) is 9.48 Å². The Labute approximate surface area is 112 Å². The van der Waals surface area contributed by atoms with Crippen molar-refractivity contribution in [3.8, 4) is 0 Å². The van der Waals surface area contributed by atoms with E-state index in [1.165, 1.54) is 0 Å². The lowest BCUT2D eigenvalue weighted by atomic mass is 10.3. The van der Waals surface area contributed by atoms with Crippen LogP contribution in [0.4, 0.5) is 0 Å². The van der Waals surface area contributed by atoms with E-state index < -0.39 is 0 Å². The fourth-order valence-electron chi connectivity index (χ4n) is 1.48. The van der Waals surface area contributed by atoms with Crippen LogP contribution in [0.15, 0.2) is 12.4 Å². The van der Waals surface area contributed by atoms with Crippen molar-refractivity contribution in [2.24, 2.45) is 12.8 Å². The summed E-state index contributed by atoms with van der Waals surface area (Å²) in [7, 11) is 3.37. The second kappa shape index (κ2) is 7.07. The number of carbonyl (C=O) groups is 1. The molecule has 6 nitrogen and oxygen atoms in total. The van der Waals surface area contributed by atoms with E-state index in [0.717, 1.165) is 0 Å². The molecule has 7 heteroatoms. The number of amides is 1. The van der Waals surface area contributed by atoms with Gasteiger partial charge in [0.05, 0.1) is 23.4 Å². The van der Waals surface area contributed by atoms with Crippen LogP contribution in [0.3, 0.4) is 0 Å². The summed E-state index contributed by atoms with van der Waals surface area (Å²) in [5.74, 6) is -0.0867. The Balaban J connectivity index is 2.68. The lowest BCUT2D eigenvalue weighted by Gasteiger charge is -2.21. The molecule has 1 aromatic heterocycles. The van der Waals surface area contributed by atoms with Gasteiger partial charge in [-0.25, -0.2) is 0 Å². The molecule has 1 aromatic rings. The Bertz CT molecular complexity index is 419. The van der Waals surface area contributed by atoms with E-state index in [0.29, 0.717) is 36.7 Å². The highest BCUT2D eigenvalue weighted by Gasteiger charge is 2.16. The molecule has 100 valence electrons. The van der Waals surface area contributed by atoms with Crippen LogP contribution in [0.1, 0.15) is 16.8 Å². The maximum atomic E-state index is 12.2. The van der Waals surface area contributed by atoms with Gasteiger partial charge >= 0.3 is 0 Å². The lowest BCUT2D eigenvalue weighted by Crippen LogP contribution is -2.36. The van der Waals surface area contributed by atoms with Crippen LogP contribution in [0, 0.1) is 0 Å². The third-order valence-corrected chi connectivity index (χ3v) is 2.64. The van der Waals surface area contributed by atoms with Gasteiger partial charge in [-0.1, -0.05) is 12.2 Å². The molecule has 0 unspecified atom stereocenters. The summed E-state index contributed by atoms with van der Waals surface area (Å²) in [6, 6.07) is 0. The summed E-state index contributed by atoms with van der Waals surface area (Å²) < 4.78 is 6.58. The summed E-state index contributed by atoms with van der Waals surface area (Å²) in [5.41, 5.74) is 6.01. The number of hydrogen-bond donors (Lipinski definition) is 1. The second-order valence-corrected chi connectivity index (χ2v) is 4.43. The van der Waals surface area contributed by atoms with E-state index >= 15 is 0 Å². The second-order valence-electron chi connectivity index (χ2n) is 3.90. The third-order valence-electron chi connectivity index (χ3n) is 2.43. The van der Waals surface area contributed by atoms with E-state index in [1.807, 2.05) is 0 Å². The molecule has 0 aliphatic rings. The first-order valence-electron chi connectivity index (χ1n) is 5.59. The van der Waals surface area contributed by atoms with Crippen molar-refractivity contribution in [2.45, 2.75) is 6.42 Å². The van der Waals surface area contributed by atoms with Gasteiger partial charge in [0.25, 0.3) is 5.91 Å². The minimum atomic E-state index is -0.0867. The molecule has 0 spiro atoms. The van der Waals surface area contributed by atoms with Crippen molar-refractivity contribution in [3.05, 3.63) is 18.0 Å². The van der Waals surface area contributed by atoms with Crippen molar-refractivity contribution in [2.75, 3.05) is 26.8 Å². The minimum Gasteiger partial charge on any atom is -0.393 e. The largest absolute Gasteiger partial charge is 0.393 e. The minimum absolute atomic E-state index is 0.0867. The number of carbonyl (C=O) groups excluding carboxylic acids is 1. The highest BCUT2D eigenvalue weighted by atomic mass is 32.1. The van der Waals surface area contributed by atoms with Crippen molar-refractivity contribution in [1.82, 2.24) is 14.7 Å². The molecule has 18 heavy (non-hydrogen) atoms. The molecule has 0 aliphatic carbocycles. The fraction of sp³-hybridized carbons (Fsp3) is 0.545. The fourth-order valence-corrected chi connectivity index (χ4v) is 1.57. The molecular weight excluding hydrogens is 252 g/mol. The number of rotatable bonds is 7. The van der Waals surface area contributed by atoms with Gasteiger partial charge in [0, 0.05) is 39.9 Å². The predicted octanol–water partition coefficient (Wildman–Crippen LogP) is 0.185. The number of aryl methyl sites for hydroxylation is 1. The summed E-state index contributed by atoms with van der Waals surface area (Å²) in [4.78, 5) is 14.3.